The fourth-order valence-corrected chi connectivity index (χ4v) is 3.00. The van der Waals surface area contributed by atoms with Crippen LogP contribution in [-0.2, 0) is 4.79 Å². The zero-order valence-corrected chi connectivity index (χ0v) is 14.0. The summed E-state index contributed by atoms with van der Waals surface area (Å²) >= 11 is 7.04. The van der Waals surface area contributed by atoms with Crippen LogP contribution in [0.1, 0.15) is 19.0 Å². The molecule has 4 nitrogen and oxygen atoms in total. The van der Waals surface area contributed by atoms with E-state index < -0.39 is 5.24 Å². The minimum Gasteiger partial charge on any atom is -0.321 e. The SMILES string of the molecule is C=Nc1sc(N(C)c2ccccc2)nc1C(=CCC)C(=O)Cl. The summed E-state index contributed by atoms with van der Waals surface area (Å²) in [6, 6.07) is 9.83. The predicted octanol–water partition coefficient (Wildman–Crippen LogP) is 4.80. The first-order chi connectivity index (χ1) is 10.6. The van der Waals surface area contributed by atoms with Crippen molar-refractivity contribution >= 4 is 56.3 Å². The number of rotatable bonds is 6. The molecular weight excluding hydrogens is 318 g/mol. The molecule has 0 atom stereocenters. The number of allylic oxidation sites excluding steroid dienone is 2. The number of anilines is 2. The number of aliphatic imine (C=N–C) groups is 1. The number of halogens is 1. The molecule has 114 valence electrons. The summed E-state index contributed by atoms with van der Waals surface area (Å²) in [4.78, 5) is 22.1. The van der Waals surface area contributed by atoms with Crippen LogP contribution in [0.5, 0.6) is 0 Å². The summed E-state index contributed by atoms with van der Waals surface area (Å²) in [6.07, 6.45) is 2.44. The minimum absolute atomic E-state index is 0.371. The van der Waals surface area contributed by atoms with Crippen LogP contribution in [-0.4, -0.2) is 24.0 Å². The molecule has 0 radical (unpaired) electrons. The molecule has 6 heteroatoms. The molecule has 1 aromatic heterocycles. The highest BCUT2D eigenvalue weighted by Gasteiger charge is 2.20. The third-order valence-corrected chi connectivity index (χ3v) is 4.31. The van der Waals surface area contributed by atoms with Gasteiger partial charge in [0.15, 0.2) is 5.13 Å². The average molecular weight is 334 g/mol. The van der Waals surface area contributed by atoms with Crippen molar-refractivity contribution in [2.45, 2.75) is 13.3 Å². The lowest BCUT2D eigenvalue weighted by Gasteiger charge is -2.15. The summed E-state index contributed by atoms with van der Waals surface area (Å²) in [5.74, 6) is 0. The van der Waals surface area contributed by atoms with Crippen LogP contribution in [0.25, 0.3) is 5.57 Å². The van der Waals surface area contributed by atoms with Gasteiger partial charge in [-0.3, -0.25) is 9.79 Å². The molecule has 1 aromatic carbocycles. The predicted molar refractivity (Wildman–Crippen MR) is 95.0 cm³/mol. The molecule has 0 aliphatic carbocycles. The molecule has 2 rings (SSSR count). The standard InChI is InChI=1S/C16H16ClN3OS/c1-4-8-12(14(17)21)13-15(18-2)22-16(19-13)20(3)11-9-6-5-7-10-11/h5-10H,2,4H2,1,3H3. The van der Waals surface area contributed by atoms with E-state index in [2.05, 4.69) is 16.7 Å². The molecule has 0 saturated carbocycles. The highest BCUT2D eigenvalue weighted by molar-refractivity contribution is 7.19. The minimum atomic E-state index is -0.536. The van der Waals surface area contributed by atoms with Gasteiger partial charge in [0.1, 0.15) is 10.7 Å². The zero-order chi connectivity index (χ0) is 16.1. The van der Waals surface area contributed by atoms with Crippen LogP contribution in [0.2, 0.25) is 0 Å². The topological polar surface area (TPSA) is 45.6 Å². The first-order valence-electron chi connectivity index (χ1n) is 6.75. The molecule has 0 fully saturated rings. The Kier molecular flexibility index (Phi) is 5.46. The average Bonchev–Trinajstić information content (AvgIpc) is 2.96. The van der Waals surface area contributed by atoms with E-state index >= 15 is 0 Å². The summed E-state index contributed by atoms with van der Waals surface area (Å²) in [5, 5.41) is 0.779. The Bertz CT molecular complexity index is 709. The van der Waals surface area contributed by atoms with Crippen molar-refractivity contribution in [2.75, 3.05) is 11.9 Å². The van der Waals surface area contributed by atoms with Gasteiger partial charge in [-0.25, -0.2) is 4.98 Å². The van der Waals surface area contributed by atoms with Crippen LogP contribution in [0.15, 0.2) is 41.4 Å². The van der Waals surface area contributed by atoms with Crippen molar-refractivity contribution in [3.05, 3.63) is 42.1 Å². The number of carbonyl (C=O) groups excluding carboxylic acids is 1. The summed E-state index contributed by atoms with van der Waals surface area (Å²) in [7, 11) is 1.91. The number of aromatic nitrogens is 1. The van der Waals surface area contributed by atoms with Gasteiger partial charge in [-0.1, -0.05) is 42.5 Å². The maximum Gasteiger partial charge on any atom is 0.254 e. The Labute approximate surface area is 138 Å². The maximum absolute atomic E-state index is 11.6. The lowest BCUT2D eigenvalue weighted by molar-refractivity contribution is -0.106. The van der Waals surface area contributed by atoms with E-state index in [9.17, 15) is 4.79 Å². The second-order valence-corrected chi connectivity index (χ2v) is 5.80. The van der Waals surface area contributed by atoms with Crippen LogP contribution in [0, 0.1) is 0 Å². The monoisotopic (exact) mass is 333 g/mol. The Morgan fingerprint density at radius 3 is 2.68 bits per heavy atom. The first-order valence-corrected chi connectivity index (χ1v) is 7.94. The van der Waals surface area contributed by atoms with Crippen LogP contribution in [0.3, 0.4) is 0 Å². The molecular formula is C16H16ClN3OS. The highest BCUT2D eigenvalue weighted by atomic mass is 35.5. The van der Waals surface area contributed by atoms with Crippen molar-refractivity contribution in [2.24, 2.45) is 4.99 Å². The lowest BCUT2D eigenvalue weighted by Crippen LogP contribution is -2.09. The second-order valence-electron chi connectivity index (χ2n) is 4.50. The summed E-state index contributed by atoms with van der Waals surface area (Å²) < 4.78 is 0. The molecule has 0 saturated heterocycles. The number of hydrogen-bond donors (Lipinski definition) is 0. The second kappa shape index (κ2) is 7.33. The van der Waals surface area contributed by atoms with Crippen molar-refractivity contribution in [3.8, 4) is 0 Å². The molecule has 0 bridgehead atoms. The number of para-hydroxylation sites is 1. The quantitative estimate of drug-likeness (QED) is 0.433. The third kappa shape index (κ3) is 3.43. The molecule has 1 heterocycles. The number of nitrogens with zero attached hydrogens (tertiary/aromatic N) is 3. The molecule has 0 aliphatic heterocycles. The smallest absolute Gasteiger partial charge is 0.254 e. The Balaban J connectivity index is 2.47. The van der Waals surface area contributed by atoms with Gasteiger partial charge in [-0.2, -0.15) is 0 Å². The highest BCUT2D eigenvalue weighted by Crippen LogP contribution is 2.39. The van der Waals surface area contributed by atoms with Gasteiger partial charge in [0, 0.05) is 12.7 Å². The van der Waals surface area contributed by atoms with E-state index in [-0.39, 0.29) is 0 Å². The Morgan fingerprint density at radius 2 is 2.14 bits per heavy atom. The van der Waals surface area contributed by atoms with E-state index in [0.29, 0.717) is 22.7 Å². The fraction of sp³-hybridized carbons (Fsp3) is 0.188. The van der Waals surface area contributed by atoms with E-state index in [1.807, 2.05) is 49.2 Å². The lowest BCUT2D eigenvalue weighted by atomic mass is 10.2. The molecule has 0 aliphatic rings. The fourth-order valence-electron chi connectivity index (χ4n) is 1.96. The van der Waals surface area contributed by atoms with E-state index in [4.69, 9.17) is 11.6 Å². The van der Waals surface area contributed by atoms with Gasteiger partial charge in [-0.15, -0.1) is 0 Å². The molecule has 0 spiro atoms. The molecule has 0 unspecified atom stereocenters. The summed E-state index contributed by atoms with van der Waals surface area (Å²) in [6.45, 7) is 5.49. The maximum atomic E-state index is 11.6. The van der Waals surface area contributed by atoms with Crippen molar-refractivity contribution in [3.63, 3.8) is 0 Å². The Hall–Kier alpha value is -1.98. The third-order valence-electron chi connectivity index (χ3n) is 3.05. The Morgan fingerprint density at radius 1 is 1.45 bits per heavy atom. The molecule has 0 N–H and O–H groups in total. The van der Waals surface area contributed by atoms with Gasteiger partial charge in [0.05, 0.1) is 5.57 Å². The van der Waals surface area contributed by atoms with E-state index in [0.717, 1.165) is 10.8 Å². The zero-order valence-electron chi connectivity index (χ0n) is 12.4. The first kappa shape index (κ1) is 16.4. The van der Waals surface area contributed by atoms with Crippen molar-refractivity contribution in [1.29, 1.82) is 0 Å². The van der Waals surface area contributed by atoms with E-state index in [1.54, 1.807) is 6.08 Å². The number of benzene rings is 1. The number of hydrogen-bond acceptors (Lipinski definition) is 5. The summed E-state index contributed by atoms with van der Waals surface area (Å²) in [5.41, 5.74) is 1.85. The van der Waals surface area contributed by atoms with Crippen LogP contribution in [0.4, 0.5) is 15.8 Å². The van der Waals surface area contributed by atoms with Crippen molar-refractivity contribution < 1.29 is 4.79 Å². The van der Waals surface area contributed by atoms with Gasteiger partial charge >= 0.3 is 0 Å². The molecule has 22 heavy (non-hydrogen) atoms. The van der Waals surface area contributed by atoms with E-state index in [1.165, 1.54) is 11.3 Å². The normalized spacial score (nSPS) is 11.3. The molecule has 2 aromatic rings. The van der Waals surface area contributed by atoms with Gasteiger partial charge in [0.2, 0.25) is 0 Å². The van der Waals surface area contributed by atoms with Crippen LogP contribution >= 0.6 is 22.9 Å². The van der Waals surface area contributed by atoms with Gasteiger partial charge in [0.25, 0.3) is 5.24 Å². The number of thiazole rings is 1. The van der Waals surface area contributed by atoms with Gasteiger partial charge in [-0.05, 0) is 36.9 Å². The molecule has 0 amide bonds. The number of carbonyl (C=O) groups is 1. The largest absolute Gasteiger partial charge is 0.321 e. The van der Waals surface area contributed by atoms with Crippen molar-refractivity contribution in [1.82, 2.24) is 4.98 Å². The van der Waals surface area contributed by atoms with Gasteiger partial charge < -0.3 is 4.90 Å². The van der Waals surface area contributed by atoms with Crippen LogP contribution < -0.4 is 4.90 Å².